The van der Waals surface area contributed by atoms with E-state index < -0.39 is 65.4 Å². The Hall–Kier alpha value is -7.86. The first-order valence-corrected chi connectivity index (χ1v) is 22.8. The van der Waals surface area contributed by atoms with Crippen molar-refractivity contribution < 1.29 is 34.1 Å². The van der Waals surface area contributed by atoms with Crippen molar-refractivity contribution in [2.45, 2.75) is 49.0 Å². The van der Waals surface area contributed by atoms with Gasteiger partial charge in [-0.3, -0.25) is 19.3 Å². The molecule has 6 aromatic rings. The Morgan fingerprint density at radius 2 is 1.44 bits per heavy atom. The minimum Gasteiger partial charge on any atom is -0.508 e. The number of imide groups is 1. The van der Waals surface area contributed by atoms with Gasteiger partial charge in [-0.2, -0.15) is 0 Å². The van der Waals surface area contributed by atoms with Gasteiger partial charge < -0.3 is 30.1 Å². The van der Waals surface area contributed by atoms with Crippen molar-refractivity contribution in [1.29, 1.82) is 0 Å². The largest absolute Gasteiger partial charge is 0.508 e. The van der Waals surface area contributed by atoms with Crippen molar-refractivity contribution in [3.63, 3.8) is 0 Å². The number of phenols is 1. The smallest absolute Gasteiger partial charge is 0.329 e. The fourth-order valence-corrected chi connectivity index (χ4v) is 10.7. The maximum atomic E-state index is 16.6. The monoisotopic (exact) mass is 907 g/mol. The summed E-state index contributed by atoms with van der Waals surface area (Å²) < 4.78 is 6.62. The Bertz CT molecular complexity index is 2890. The highest BCUT2D eigenvalue weighted by Crippen LogP contribution is 2.66. The first-order chi connectivity index (χ1) is 33.2. The van der Waals surface area contributed by atoms with Gasteiger partial charge in [0.25, 0.3) is 0 Å². The van der Waals surface area contributed by atoms with Gasteiger partial charge in [0.15, 0.2) is 0 Å². The zero-order valence-corrected chi connectivity index (χ0v) is 37.3. The molecule has 68 heavy (non-hydrogen) atoms. The van der Waals surface area contributed by atoms with Gasteiger partial charge in [0.1, 0.15) is 23.3 Å². The van der Waals surface area contributed by atoms with Crippen molar-refractivity contribution in [2.75, 3.05) is 42.6 Å². The molecule has 1 spiro atoms. The Balaban J connectivity index is 1.22. The molecule has 7 atom stereocenters. The summed E-state index contributed by atoms with van der Waals surface area (Å²) in [6.45, 7) is 2.85. The first-order valence-electron chi connectivity index (χ1n) is 22.8. The number of piperazine rings is 1. The zero-order chi connectivity index (χ0) is 46.9. The number of rotatable bonds is 8. The zero-order valence-electron chi connectivity index (χ0n) is 37.3. The maximum Gasteiger partial charge on any atom is 0.329 e. The van der Waals surface area contributed by atoms with Crippen LogP contribution in [0.3, 0.4) is 0 Å². The SMILES string of the molecule is CC(NC(=O)N1C(=O)C2(c3cc(C#CCCO)ccc31)C(C(=O)N1CCN(c3ncccn3)CC1)C1C(=O)OC(c3ccccc3)C(c3ccccc3)N1C2c1ccc(O)cc1)c1ccccc1. The van der Waals surface area contributed by atoms with Gasteiger partial charge in [-0.25, -0.2) is 19.7 Å². The van der Waals surface area contributed by atoms with Crippen LogP contribution in [0.4, 0.5) is 16.4 Å². The van der Waals surface area contributed by atoms with Crippen LogP contribution in [0.25, 0.3) is 0 Å². The topological polar surface area (TPSA) is 169 Å². The number of nitrogens with one attached hydrogen (secondary N) is 1. The third-order valence-electron chi connectivity index (χ3n) is 13.7. The van der Waals surface area contributed by atoms with E-state index in [0.29, 0.717) is 41.3 Å². The van der Waals surface area contributed by atoms with E-state index in [2.05, 4.69) is 27.1 Å². The second-order valence-corrected chi connectivity index (χ2v) is 17.4. The number of urea groups is 1. The van der Waals surface area contributed by atoms with Gasteiger partial charge in [-0.05, 0) is 71.1 Å². The lowest BCUT2D eigenvalue weighted by molar-refractivity contribution is -0.179. The van der Waals surface area contributed by atoms with E-state index in [-0.39, 0.29) is 37.6 Å². The Morgan fingerprint density at radius 3 is 2.10 bits per heavy atom. The summed E-state index contributed by atoms with van der Waals surface area (Å²) in [6.07, 6.45) is 2.61. The number of anilines is 2. The normalized spacial score (nSPS) is 23.6. The number of carbonyl (C=O) groups is 4. The number of cyclic esters (lactones) is 1. The van der Waals surface area contributed by atoms with Crippen LogP contribution in [0.15, 0.2) is 152 Å². The van der Waals surface area contributed by atoms with Crippen molar-refractivity contribution in [2.24, 2.45) is 5.92 Å². The van der Waals surface area contributed by atoms with Crippen LogP contribution in [0.1, 0.15) is 71.0 Å². The number of ether oxygens (including phenoxy) is 1. The number of aromatic hydroxyl groups is 1. The number of carbonyl (C=O) groups excluding carboxylic acids is 4. The number of aliphatic hydroxyl groups is 1. The van der Waals surface area contributed by atoms with Crippen LogP contribution in [0, 0.1) is 17.8 Å². The molecular formula is C54H49N7O7. The van der Waals surface area contributed by atoms with Crippen LogP contribution in [-0.4, -0.2) is 92.6 Å². The minimum atomic E-state index is -1.99. The molecule has 0 bridgehead atoms. The van der Waals surface area contributed by atoms with E-state index in [9.17, 15) is 10.2 Å². The number of fused-ring (bicyclic) bond motifs is 3. The number of esters is 1. The summed E-state index contributed by atoms with van der Waals surface area (Å²) in [6, 6.07) is 37.2. The van der Waals surface area contributed by atoms with Gasteiger partial charge in [-0.15, -0.1) is 0 Å². The molecule has 0 saturated carbocycles. The molecule has 3 fully saturated rings. The second-order valence-electron chi connectivity index (χ2n) is 17.4. The predicted octanol–water partition coefficient (Wildman–Crippen LogP) is 6.40. The highest BCUT2D eigenvalue weighted by molar-refractivity contribution is 6.24. The highest BCUT2D eigenvalue weighted by atomic mass is 16.6. The third kappa shape index (κ3) is 7.59. The van der Waals surface area contributed by atoms with E-state index in [1.54, 1.807) is 53.7 Å². The van der Waals surface area contributed by atoms with E-state index in [1.165, 1.54) is 12.1 Å². The Kier molecular flexibility index (Phi) is 11.9. The molecule has 14 nitrogen and oxygen atoms in total. The fourth-order valence-electron chi connectivity index (χ4n) is 10.7. The van der Waals surface area contributed by atoms with Crippen molar-refractivity contribution in [1.82, 2.24) is 25.1 Å². The fraction of sp³-hybridized carbons (Fsp3) is 0.259. The lowest BCUT2D eigenvalue weighted by atomic mass is 9.64. The summed E-state index contributed by atoms with van der Waals surface area (Å²) in [5.41, 5.74) is 1.85. The molecule has 3 saturated heterocycles. The van der Waals surface area contributed by atoms with Crippen LogP contribution in [0.5, 0.6) is 5.75 Å². The van der Waals surface area contributed by atoms with Gasteiger partial charge in [0.05, 0.1) is 36.3 Å². The quantitative estimate of drug-likeness (QED) is 0.114. The number of hydrogen-bond acceptors (Lipinski definition) is 11. The van der Waals surface area contributed by atoms with Crippen LogP contribution < -0.4 is 15.1 Å². The molecule has 4 aliphatic heterocycles. The van der Waals surface area contributed by atoms with E-state index in [1.807, 2.05) is 108 Å². The van der Waals surface area contributed by atoms with E-state index >= 15 is 19.2 Å². The van der Waals surface area contributed by atoms with E-state index in [4.69, 9.17) is 4.74 Å². The predicted molar refractivity (Wildman–Crippen MR) is 253 cm³/mol. The molecule has 5 aromatic carbocycles. The molecule has 4 aliphatic rings. The molecular weight excluding hydrogens is 859 g/mol. The van der Waals surface area contributed by atoms with E-state index in [0.717, 1.165) is 16.0 Å². The molecule has 14 heteroatoms. The number of amides is 4. The summed E-state index contributed by atoms with van der Waals surface area (Å²) >= 11 is 0. The van der Waals surface area contributed by atoms with Crippen LogP contribution >= 0.6 is 0 Å². The van der Waals surface area contributed by atoms with Crippen molar-refractivity contribution >= 4 is 35.5 Å². The molecule has 7 unspecified atom stereocenters. The van der Waals surface area contributed by atoms with Gasteiger partial charge in [0.2, 0.25) is 17.8 Å². The van der Waals surface area contributed by atoms with Crippen LogP contribution in [-0.2, 0) is 24.5 Å². The molecule has 0 aliphatic carbocycles. The average Bonchev–Trinajstić information content (AvgIpc) is 3.83. The van der Waals surface area contributed by atoms with Gasteiger partial charge in [0, 0.05) is 50.6 Å². The first kappa shape index (κ1) is 44.0. The number of morpholine rings is 1. The molecule has 342 valence electrons. The molecule has 1 aromatic heterocycles. The molecule has 0 radical (unpaired) electrons. The number of benzene rings is 5. The second kappa shape index (κ2) is 18.4. The highest BCUT2D eigenvalue weighted by Gasteiger charge is 2.76. The average molecular weight is 908 g/mol. The Morgan fingerprint density at radius 1 is 0.794 bits per heavy atom. The number of hydrogen-bond donors (Lipinski definition) is 3. The standard InChI is InChI=1S/C54H49N7O7/c1-35(37-15-5-2-6-16-37)57-53(67)60-43-26-21-36(14-11-12-33-62)34-42(43)54(51(60)66)44(49(64)58-29-31-59(32-30-58)52-55-27-13-28-56-52)46-50(65)68-47(39-19-9-4-10-20-39)45(38-17-7-3-8-18-38)61(46)48(54)40-22-24-41(63)25-23-40/h2-10,13,15-28,34-35,44-48,62-63H,12,29-33H2,1H3,(H,57,67). The van der Waals surface area contributed by atoms with Crippen molar-refractivity contribution in [3.8, 4) is 17.6 Å². The molecule has 10 rings (SSSR count). The van der Waals surface area contributed by atoms with Gasteiger partial charge in [-0.1, -0.05) is 115 Å². The number of aromatic nitrogens is 2. The molecule has 3 N–H and O–H groups in total. The van der Waals surface area contributed by atoms with Gasteiger partial charge >= 0.3 is 12.0 Å². The molecule has 4 amide bonds. The van der Waals surface area contributed by atoms with Crippen LogP contribution in [0.2, 0.25) is 0 Å². The van der Waals surface area contributed by atoms with Crippen molar-refractivity contribution in [3.05, 3.63) is 185 Å². The lowest BCUT2D eigenvalue weighted by Gasteiger charge is -2.46. The summed E-state index contributed by atoms with van der Waals surface area (Å²) in [5, 5.41) is 23.5. The number of phenolic OH excluding ortho intramolecular Hbond substituents is 1. The number of aliphatic hydroxyl groups excluding tert-OH is 1. The Labute approximate surface area is 393 Å². The lowest BCUT2D eigenvalue weighted by Crippen LogP contribution is -2.59. The summed E-state index contributed by atoms with van der Waals surface area (Å²) in [7, 11) is 0. The molecule has 5 heterocycles. The maximum absolute atomic E-state index is 16.6. The number of nitrogens with zero attached hydrogens (tertiary/aromatic N) is 6. The summed E-state index contributed by atoms with van der Waals surface area (Å²) in [5.74, 6) is 3.28. The minimum absolute atomic E-state index is 0.0273. The third-order valence-corrected chi connectivity index (χ3v) is 13.7. The summed E-state index contributed by atoms with van der Waals surface area (Å²) in [4.78, 5) is 79.0.